The zero-order valence-corrected chi connectivity index (χ0v) is 18.5. The van der Waals surface area contributed by atoms with Crippen LogP contribution in [0.4, 0.5) is 11.4 Å². The lowest BCUT2D eigenvalue weighted by Gasteiger charge is -2.29. The average molecular weight is 420 g/mol. The van der Waals surface area contributed by atoms with Gasteiger partial charge in [-0.25, -0.2) is 0 Å². The Morgan fingerprint density at radius 2 is 1.84 bits per heavy atom. The third-order valence-corrected chi connectivity index (χ3v) is 6.24. The van der Waals surface area contributed by atoms with Gasteiger partial charge in [-0.2, -0.15) is 15.2 Å². The molecule has 162 valence electrons. The van der Waals surface area contributed by atoms with Crippen molar-refractivity contribution >= 4 is 28.7 Å². The highest BCUT2D eigenvalue weighted by Gasteiger charge is 2.31. The van der Waals surface area contributed by atoms with Gasteiger partial charge >= 0.3 is 5.91 Å². The number of hydrazone groups is 2. The number of aromatic hydroxyl groups is 1. The summed E-state index contributed by atoms with van der Waals surface area (Å²) in [6, 6.07) is 11.4. The second-order valence-corrected chi connectivity index (χ2v) is 8.46. The number of rotatable bonds is 4. The molecule has 2 aliphatic heterocycles. The van der Waals surface area contributed by atoms with E-state index >= 15 is 0 Å². The predicted molar refractivity (Wildman–Crippen MR) is 125 cm³/mol. The van der Waals surface area contributed by atoms with Crippen LogP contribution < -0.4 is 10.4 Å². The Balaban J connectivity index is 1.53. The maximum Gasteiger partial charge on any atom is 0.301 e. The highest BCUT2D eigenvalue weighted by Crippen LogP contribution is 2.37. The third-order valence-electron chi connectivity index (χ3n) is 6.24. The highest BCUT2D eigenvalue weighted by atomic mass is 16.3. The first-order valence-corrected chi connectivity index (χ1v) is 10.7. The van der Waals surface area contributed by atoms with Crippen LogP contribution in [0.1, 0.15) is 42.4 Å². The first-order valence-electron chi connectivity index (χ1n) is 10.7. The SMILES string of the molecule is CC1=NN(c2ccc(C)c(C)c2)C(=O)/C1=N/Nc1cccc(C2CCN(C)CC2)c1O. The maximum atomic E-state index is 12.9. The summed E-state index contributed by atoms with van der Waals surface area (Å²) in [7, 11) is 2.12. The number of hydrogen-bond donors (Lipinski definition) is 2. The molecule has 0 aliphatic carbocycles. The predicted octanol–water partition coefficient (Wildman–Crippen LogP) is 4.01. The number of amides is 1. The van der Waals surface area contributed by atoms with Gasteiger partial charge < -0.3 is 10.0 Å². The van der Waals surface area contributed by atoms with Crippen molar-refractivity contribution in [1.29, 1.82) is 0 Å². The van der Waals surface area contributed by atoms with Gasteiger partial charge in [0.1, 0.15) is 5.75 Å². The van der Waals surface area contributed by atoms with Crippen molar-refractivity contribution in [2.45, 2.75) is 39.5 Å². The molecule has 1 amide bonds. The van der Waals surface area contributed by atoms with Crippen LogP contribution in [0.2, 0.25) is 0 Å². The Bertz CT molecular complexity index is 1070. The molecule has 0 atom stereocenters. The second kappa shape index (κ2) is 8.51. The molecule has 1 saturated heterocycles. The zero-order valence-electron chi connectivity index (χ0n) is 18.5. The molecule has 0 aromatic heterocycles. The average Bonchev–Trinajstić information content (AvgIpc) is 3.04. The molecule has 2 N–H and O–H groups in total. The van der Waals surface area contributed by atoms with Crippen LogP contribution in [-0.4, -0.2) is 47.5 Å². The molecule has 0 bridgehead atoms. The maximum absolute atomic E-state index is 12.9. The molecule has 2 aromatic rings. The van der Waals surface area contributed by atoms with E-state index in [1.54, 1.807) is 13.0 Å². The van der Waals surface area contributed by atoms with Crippen LogP contribution in [0.25, 0.3) is 0 Å². The van der Waals surface area contributed by atoms with Crippen molar-refractivity contribution in [3.05, 3.63) is 53.1 Å². The lowest BCUT2D eigenvalue weighted by Crippen LogP contribution is -2.29. The van der Waals surface area contributed by atoms with Crippen LogP contribution in [0.15, 0.2) is 46.6 Å². The number of carbonyl (C=O) groups excluding carboxylic acids is 1. The van der Waals surface area contributed by atoms with E-state index < -0.39 is 0 Å². The lowest BCUT2D eigenvalue weighted by atomic mass is 9.88. The number of benzene rings is 2. The molecule has 4 rings (SSSR count). The summed E-state index contributed by atoms with van der Waals surface area (Å²) in [6.45, 7) is 7.83. The van der Waals surface area contributed by atoms with E-state index in [4.69, 9.17) is 0 Å². The fraction of sp³-hybridized carbons (Fsp3) is 0.375. The number of hydrogen-bond acceptors (Lipinski definition) is 6. The van der Waals surface area contributed by atoms with Crippen molar-refractivity contribution in [1.82, 2.24) is 4.90 Å². The number of nitrogens with one attached hydrogen (secondary N) is 1. The Kier molecular flexibility index (Phi) is 5.78. The molecule has 0 radical (unpaired) electrons. The molecule has 2 aromatic carbocycles. The highest BCUT2D eigenvalue weighted by molar-refractivity contribution is 6.71. The summed E-state index contributed by atoms with van der Waals surface area (Å²) in [4.78, 5) is 15.2. The second-order valence-electron chi connectivity index (χ2n) is 8.46. The first-order chi connectivity index (χ1) is 14.8. The van der Waals surface area contributed by atoms with Gasteiger partial charge in [-0.3, -0.25) is 10.2 Å². The van der Waals surface area contributed by atoms with Gasteiger partial charge in [-0.1, -0.05) is 18.2 Å². The van der Waals surface area contributed by atoms with E-state index in [0.717, 1.165) is 42.6 Å². The van der Waals surface area contributed by atoms with E-state index in [-0.39, 0.29) is 17.4 Å². The third kappa shape index (κ3) is 4.18. The fourth-order valence-corrected chi connectivity index (χ4v) is 4.08. The van der Waals surface area contributed by atoms with Gasteiger partial charge in [0.25, 0.3) is 0 Å². The molecule has 0 spiro atoms. The van der Waals surface area contributed by atoms with Crippen LogP contribution in [-0.2, 0) is 4.79 Å². The summed E-state index contributed by atoms with van der Waals surface area (Å²) in [5.41, 5.74) is 8.05. The van der Waals surface area contributed by atoms with Gasteiger partial charge in [-0.05, 0) is 94.6 Å². The molecule has 7 heteroatoms. The zero-order chi connectivity index (χ0) is 22.1. The Labute approximate surface area is 183 Å². The smallest absolute Gasteiger partial charge is 0.301 e. The van der Waals surface area contributed by atoms with Crippen molar-refractivity contribution in [3.8, 4) is 5.75 Å². The van der Waals surface area contributed by atoms with Gasteiger partial charge in [-0.15, -0.1) is 0 Å². The van der Waals surface area contributed by atoms with Gasteiger partial charge in [0.2, 0.25) is 0 Å². The monoisotopic (exact) mass is 419 g/mol. The van der Waals surface area contributed by atoms with E-state index in [9.17, 15) is 9.90 Å². The number of carbonyl (C=O) groups is 1. The van der Waals surface area contributed by atoms with Crippen molar-refractivity contribution in [2.75, 3.05) is 30.6 Å². The molecule has 2 heterocycles. The number of phenolic OH excluding ortho intramolecular Hbond substituents is 1. The Hall–Kier alpha value is -3.19. The summed E-state index contributed by atoms with van der Waals surface area (Å²) >= 11 is 0. The summed E-state index contributed by atoms with van der Waals surface area (Å²) < 4.78 is 0. The van der Waals surface area contributed by atoms with Crippen LogP contribution >= 0.6 is 0 Å². The molecular weight excluding hydrogens is 390 g/mol. The van der Waals surface area contributed by atoms with E-state index in [2.05, 4.69) is 27.6 Å². The van der Waals surface area contributed by atoms with Crippen molar-refractivity contribution in [2.24, 2.45) is 10.2 Å². The molecular formula is C24H29N5O2. The topological polar surface area (TPSA) is 80.5 Å². The van der Waals surface area contributed by atoms with E-state index in [1.165, 1.54) is 5.01 Å². The summed E-state index contributed by atoms with van der Waals surface area (Å²) in [5.74, 6) is 0.231. The lowest BCUT2D eigenvalue weighted by molar-refractivity contribution is -0.112. The van der Waals surface area contributed by atoms with Crippen LogP contribution in [0.3, 0.4) is 0 Å². The standard InChI is InChI=1S/C24H29N5O2/c1-15-8-9-19(14-16(15)2)29-24(31)22(17(3)27-29)26-25-21-7-5-6-20(23(21)30)18-10-12-28(4)13-11-18/h5-9,14,18,25,30H,10-13H2,1-4H3/b26-22+. The molecule has 0 saturated carbocycles. The minimum absolute atomic E-state index is 0.201. The van der Waals surface area contributed by atoms with Crippen molar-refractivity contribution in [3.63, 3.8) is 0 Å². The Morgan fingerprint density at radius 3 is 2.55 bits per heavy atom. The van der Waals surface area contributed by atoms with Crippen molar-refractivity contribution < 1.29 is 9.90 Å². The summed E-state index contributed by atoms with van der Waals surface area (Å²) in [6.07, 6.45) is 2.02. The number of phenols is 1. The Morgan fingerprint density at radius 1 is 1.10 bits per heavy atom. The number of nitrogens with zero attached hydrogens (tertiary/aromatic N) is 4. The largest absolute Gasteiger partial charge is 0.505 e. The van der Waals surface area contributed by atoms with Gasteiger partial charge in [0.05, 0.1) is 17.1 Å². The minimum Gasteiger partial charge on any atom is -0.505 e. The van der Waals surface area contributed by atoms with Crippen LogP contribution in [0, 0.1) is 13.8 Å². The molecule has 2 aliphatic rings. The number of aryl methyl sites for hydroxylation is 2. The first kappa shape index (κ1) is 21.1. The molecule has 1 fully saturated rings. The van der Waals surface area contributed by atoms with E-state index in [0.29, 0.717) is 23.0 Å². The quantitative estimate of drug-likeness (QED) is 0.580. The molecule has 7 nitrogen and oxygen atoms in total. The summed E-state index contributed by atoms with van der Waals surface area (Å²) in [5, 5.41) is 20.9. The normalized spacial score (nSPS) is 19.2. The van der Waals surface area contributed by atoms with Gasteiger partial charge in [0.15, 0.2) is 5.71 Å². The number of piperidine rings is 1. The molecule has 31 heavy (non-hydrogen) atoms. The fourth-order valence-electron chi connectivity index (χ4n) is 4.08. The minimum atomic E-state index is -0.292. The number of likely N-dealkylation sites (tertiary alicyclic amines) is 1. The van der Waals surface area contributed by atoms with Crippen LogP contribution in [0.5, 0.6) is 5.75 Å². The molecule has 0 unspecified atom stereocenters. The number of anilines is 2. The number of para-hydroxylation sites is 1. The van der Waals surface area contributed by atoms with E-state index in [1.807, 2.05) is 44.2 Å². The van der Waals surface area contributed by atoms with Gasteiger partial charge in [0, 0.05) is 0 Å².